The van der Waals surface area contributed by atoms with E-state index in [1.165, 1.54) is 17.3 Å². The summed E-state index contributed by atoms with van der Waals surface area (Å²) in [4.78, 5) is 16.8. The van der Waals surface area contributed by atoms with Gasteiger partial charge in [-0.3, -0.25) is 9.69 Å². The van der Waals surface area contributed by atoms with Gasteiger partial charge in [0.1, 0.15) is 0 Å². The fourth-order valence-corrected chi connectivity index (χ4v) is 4.11. The third-order valence-corrected chi connectivity index (χ3v) is 5.80. The Bertz CT molecular complexity index is 958. The summed E-state index contributed by atoms with van der Waals surface area (Å²) in [5, 5.41) is 9.25. The van der Waals surface area contributed by atoms with Gasteiger partial charge in [0.15, 0.2) is 0 Å². The van der Waals surface area contributed by atoms with Crippen LogP contribution in [0.2, 0.25) is 5.02 Å². The average molecular weight is 429 g/mol. The number of aromatic nitrogens is 2. The van der Waals surface area contributed by atoms with E-state index in [0.717, 1.165) is 43.3 Å². The van der Waals surface area contributed by atoms with Crippen LogP contribution in [-0.2, 0) is 11.3 Å². The van der Waals surface area contributed by atoms with E-state index in [-0.39, 0.29) is 5.91 Å². The predicted octanol–water partition coefficient (Wildman–Crippen LogP) is 3.83. The maximum absolute atomic E-state index is 12.5. The molecule has 3 aromatic rings. The summed E-state index contributed by atoms with van der Waals surface area (Å²) in [5.41, 5.74) is 2.06. The molecule has 1 aliphatic heterocycles. The molecule has 0 radical (unpaired) electrons. The zero-order valence-electron chi connectivity index (χ0n) is 15.8. The van der Waals surface area contributed by atoms with E-state index in [1.54, 1.807) is 0 Å². The number of hydrogen-bond donors (Lipinski definition) is 0. The van der Waals surface area contributed by atoms with Crippen LogP contribution in [0.25, 0.3) is 11.5 Å². The van der Waals surface area contributed by atoms with Gasteiger partial charge in [0, 0.05) is 43.3 Å². The monoisotopic (exact) mass is 428 g/mol. The summed E-state index contributed by atoms with van der Waals surface area (Å²) in [6.07, 6.45) is 0. The van der Waals surface area contributed by atoms with Crippen LogP contribution in [0.1, 0.15) is 5.56 Å². The second-order valence-electron chi connectivity index (χ2n) is 6.81. The van der Waals surface area contributed by atoms with Crippen molar-refractivity contribution in [3.8, 4) is 11.5 Å². The quantitative estimate of drug-likeness (QED) is 0.556. The second-order valence-corrected chi connectivity index (χ2v) is 8.18. The van der Waals surface area contributed by atoms with E-state index in [9.17, 15) is 4.79 Å². The molecule has 29 heavy (non-hydrogen) atoms. The van der Waals surface area contributed by atoms with Crippen molar-refractivity contribution in [3.05, 3.63) is 65.2 Å². The van der Waals surface area contributed by atoms with Gasteiger partial charge >= 0.3 is 0 Å². The van der Waals surface area contributed by atoms with E-state index < -0.39 is 0 Å². The Kier molecular flexibility index (Phi) is 6.49. The molecule has 0 atom stereocenters. The van der Waals surface area contributed by atoms with Gasteiger partial charge in [-0.2, -0.15) is 0 Å². The highest BCUT2D eigenvalue weighted by atomic mass is 35.5. The molecule has 0 spiro atoms. The van der Waals surface area contributed by atoms with Crippen LogP contribution in [0.15, 0.2) is 64.2 Å². The van der Waals surface area contributed by atoms with E-state index >= 15 is 0 Å². The van der Waals surface area contributed by atoms with Crippen LogP contribution in [0.5, 0.6) is 0 Å². The zero-order valence-corrected chi connectivity index (χ0v) is 17.4. The highest BCUT2D eigenvalue weighted by Gasteiger charge is 2.22. The number of halogens is 1. The Balaban J connectivity index is 1.24. The molecule has 2 heterocycles. The van der Waals surface area contributed by atoms with Gasteiger partial charge in [0.2, 0.25) is 11.8 Å². The van der Waals surface area contributed by atoms with Crippen LogP contribution in [-0.4, -0.2) is 57.8 Å². The van der Waals surface area contributed by atoms with E-state index in [0.29, 0.717) is 16.9 Å². The normalized spacial score (nSPS) is 14.9. The summed E-state index contributed by atoms with van der Waals surface area (Å²) in [7, 11) is 0. The molecule has 4 rings (SSSR count). The molecule has 1 saturated heterocycles. The van der Waals surface area contributed by atoms with E-state index in [4.69, 9.17) is 16.0 Å². The Morgan fingerprint density at radius 1 is 1.03 bits per heavy atom. The molecule has 1 aromatic heterocycles. The van der Waals surface area contributed by atoms with Crippen LogP contribution in [0.4, 0.5) is 0 Å². The summed E-state index contributed by atoms with van der Waals surface area (Å²) >= 11 is 7.34. The number of benzene rings is 2. The number of carbonyl (C=O) groups is 1. The molecule has 0 aliphatic carbocycles. The van der Waals surface area contributed by atoms with Crippen LogP contribution < -0.4 is 0 Å². The zero-order chi connectivity index (χ0) is 20.1. The van der Waals surface area contributed by atoms with Crippen molar-refractivity contribution in [3.63, 3.8) is 0 Å². The molecule has 0 saturated carbocycles. The van der Waals surface area contributed by atoms with Gasteiger partial charge in [0.05, 0.1) is 5.75 Å². The third kappa shape index (κ3) is 5.38. The van der Waals surface area contributed by atoms with Gasteiger partial charge in [-0.15, -0.1) is 10.2 Å². The fraction of sp³-hybridized carbons (Fsp3) is 0.286. The number of nitrogens with zero attached hydrogens (tertiary/aromatic N) is 4. The fourth-order valence-electron chi connectivity index (χ4n) is 3.23. The lowest BCUT2D eigenvalue weighted by atomic mass is 10.2. The lowest BCUT2D eigenvalue weighted by Gasteiger charge is -2.34. The third-order valence-electron chi connectivity index (χ3n) is 4.77. The SMILES string of the molecule is O=C(CSc1nnc(-c2ccccc2)o1)N1CCN(Cc2cccc(Cl)c2)CC1. The minimum atomic E-state index is 0.0943. The Morgan fingerprint density at radius 3 is 2.59 bits per heavy atom. The molecule has 0 bridgehead atoms. The lowest BCUT2D eigenvalue weighted by molar-refractivity contribution is -0.130. The predicted molar refractivity (Wildman–Crippen MR) is 114 cm³/mol. The maximum Gasteiger partial charge on any atom is 0.277 e. The summed E-state index contributed by atoms with van der Waals surface area (Å²) < 4.78 is 5.65. The largest absolute Gasteiger partial charge is 0.411 e. The van der Waals surface area contributed by atoms with Gasteiger partial charge < -0.3 is 9.32 Å². The van der Waals surface area contributed by atoms with Gasteiger partial charge in [0.25, 0.3) is 5.22 Å². The highest BCUT2D eigenvalue weighted by molar-refractivity contribution is 7.99. The molecule has 1 aliphatic rings. The molecule has 1 amide bonds. The van der Waals surface area contributed by atoms with Gasteiger partial charge in [-0.25, -0.2) is 0 Å². The first-order valence-electron chi connectivity index (χ1n) is 9.44. The highest BCUT2D eigenvalue weighted by Crippen LogP contribution is 2.23. The number of thioether (sulfide) groups is 1. The van der Waals surface area contributed by atoms with Crippen molar-refractivity contribution >= 4 is 29.3 Å². The Morgan fingerprint density at radius 2 is 1.83 bits per heavy atom. The minimum Gasteiger partial charge on any atom is -0.411 e. The number of amides is 1. The molecule has 0 N–H and O–H groups in total. The first kappa shape index (κ1) is 19.9. The van der Waals surface area contributed by atoms with Crippen LogP contribution in [0.3, 0.4) is 0 Å². The first-order valence-corrected chi connectivity index (χ1v) is 10.8. The van der Waals surface area contributed by atoms with Crippen molar-refractivity contribution in [1.82, 2.24) is 20.0 Å². The standard InChI is InChI=1S/C21H21ClN4O2S/c22-18-8-4-5-16(13-18)14-25-9-11-26(12-10-25)19(27)15-29-21-24-23-20(28-21)17-6-2-1-3-7-17/h1-8,13H,9-12,14-15H2. The molecule has 6 nitrogen and oxygen atoms in total. The lowest BCUT2D eigenvalue weighted by Crippen LogP contribution is -2.48. The van der Waals surface area contributed by atoms with Gasteiger partial charge in [-0.1, -0.05) is 53.7 Å². The average Bonchev–Trinajstić information content (AvgIpc) is 3.22. The van der Waals surface area contributed by atoms with Crippen LogP contribution in [0, 0.1) is 0 Å². The van der Waals surface area contributed by atoms with Crippen molar-refractivity contribution in [1.29, 1.82) is 0 Å². The smallest absolute Gasteiger partial charge is 0.277 e. The molecule has 1 fully saturated rings. The molecular formula is C21H21ClN4O2S. The number of piperazine rings is 1. The molecular weight excluding hydrogens is 408 g/mol. The summed E-state index contributed by atoms with van der Waals surface area (Å²) in [6.45, 7) is 3.99. The molecule has 2 aromatic carbocycles. The topological polar surface area (TPSA) is 62.5 Å². The second kappa shape index (κ2) is 9.43. The van der Waals surface area contributed by atoms with Crippen molar-refractivity contribution in [2.45, 2.75) is 11.8 Å². The Labute approximate surface area is 178 Å². The van der Waals surface area contributed by atoms with Crippen molar-refractivity contribution in [2.24, 2.45) is 0 Å². The first-order chi connectivity index (χ1) is 14.2. The van der Waals surface area contributed by atoms with Crippen LogP contribution >= 0.6 is 23.4 Å². The Hall–Kier alpha value is -2.35. The van der Waals surface area contributed by atoms with Crippen molar-refractivity contribution < 1.29 is 9.21 Å². The number of rotatable bonds is 6. The molecule has 0 unspecified atom stereocenters. The molecule has 8 heteroatoms. The van der Waals surface area contributed by atoms with Crippen molar-refractivity contribution in [2.75, 3.05) is 31.9 Å². The van der Waals surface area contributed by atoms with E-state index in [1.807, 2.05) is 53.4 Å². The molecule has 150 valence electrons. The summed E-state index contributed by atoms with van der Waals surface area (Å²) in [6, 6.07) is 17.5. The van der Waals surface area contributed by atoms with Gasteiger partial charge in [-0.05, 0) is 29.8 Å². The maximum atomic E-state index is 12.5. The van der Waals surface area contributed by atoms with E-state index in [2.05, 4.69) is 21.2 Å². The summed E-state index contributed by atoms with van der Waals surface area (Å²) in [5.74, 6) is 0.858. The number of hydrogen-bond acceptors (Lipinski definition) is 6. The minimum absolute atomic E-state index is 0.0943. The number of carbonyl (C=O) groups excluding carboxylic acids is 1.